The number of carbonyl (C=O) groups excluding carboxylic acids is 1. The van der Waals surface area contributed by atoms with Crippen molar-refractivity contribution in [3.63, 3.8) is 0 Å². The molecule has 0 fully saturated rings. The Morgan fingerprint density at radius 2 is 2.24 bits per heavy atom. The number of carbonyl (C=O) groups is 1. The van der Waals surface area contributed by atoms with Gasteiger partial charge in [0.2, 0.25) is 5.91 Å². The smallest absolute Gasteiger partial charge is 0.291 e. The quantitative estimate of drug-likeness (QED) is 0.575. The minimum atomic E-state index is -0.187. The summed E-state index contributed by atoms with van der Waals surface area (Å²) in [6, 6.07) is 7.45. The molecule has 0 spiro atoms. The Labute approximate surface area is 146 Å². The van der Waals surface area contributed by atoms with E-state index in [1.807, 2.05) is 17.5 Å². The fourth-order valence-electron chi connectivity index (χ4n) is 2.77. The van der Waals surface area contributed by atoms with Gasteiger partial charge >= 0.3 is 0 Å². The van der Waals surface area contributed by atoms with E-state index in [2.05, 4.69) is 10.4 Å². The summed E-state index contributed by atoms with van der Waals surface area (Å²) in [5.74, 6) is -0.0253. The number of hydrogen-bond donors (Lipinski definition) is 1. The highest BCUT2D eigenvalue weighted by Crippen LogP contribution is 2.18. The standard InChI is InChI=1S/C17H16N4O3S/c22-16(18-10-12-3-2-8-25-12)4-1-6-21-17(23)14-9-15-13(5-7-24-15)20(14)11-19-21/h2-3,5,7-9,11H,1,4,6,10H2,(H,18,22). The van der Waals surface area contributed by atoms with Crippen molar-refractivity contribution in [3.05, 3.63) is 57.5 Å². The monoisotopic (exact) mass is 356 g/mol. The molecule has 0 bridgehead atoms. The molecule has 128 valence electrons. The number of rotatable bonds is 6. The highest BCUT2D eigenvalue weighted by Gasteiger charge is 2.11. The third-order valence-electron chi connectivity index (χ3n) is 4.03. The van der Waals surface area contributed by atoms with Crippen molar-refractivity contribution < 1.29 is 9.21 Å². The van der Waals surface area contributed by atoms with Crippen molar-refractivity contribution >= 4 is 33.9 Å². The number of amides is 1. The average molecular weight is 356 g/mol. The summed E-state index contributed by atoms with van der Waals surface area (Å²) in [7, 11) is 0. The normalized spacial score (nSPS) is 11.4. The first kappa shape index (κ1) is 15.6. The van der Waals surface area contributed by atoms with Gasteiger partial charge in [-0.25, -0.2) is 4.68 Å². The Kier molecular flexibility index (Phi) is 4.10. The first-order valence-electron chi connectivity index (χ1n) is 7.96. The first-order valence-corrected chi connectivity index (χ1v) is 8.84. The van der Waals surface area contributed by atoms with Crippen molar-refractivity contribution in [2.45, 2.75) is 25.9 Å². The zero-order valence-corrected chi connectivity index (χ0v) is 14.2. The highest BCUT2D eigenvalue weighted by atomic mass is 32.1. The lowest BCUT2D eigenvalue weighted by molar-refractivity contribution is -0.121. The second-order valence-electron chi connectivity index (χ2n) is 5.69. The number of nitrogens with one attached hydrogen (secondary N) is 1. The van der Waals surface area contributed by atoms with Gasteiger partial charge in [-0.2, -0.15) is 5.10 Å². The molecule has 0 aliphatic carbocycles. The Morgan fingerprint density at radius 1 is 1.32 bits per heavy atom. The van der Waals surface area contributed by atoms with Crippen LogP contribution in [0.5, 0.6) is 0 Å². The molecule has 0 aromatic carbocycles. The van der Waals surface area contributed by atoms with E-state index in [1.165, 1.54) is 4.68 Å². The predicted molar refractivity (Wildman–Crippen MR) is 94.6 cm³/mol. The topological polar surface area (TPSA) is 81.5 Å². The molecule has 4 heterocycles. The lowest BCUT2D eigenvalue weighted by atomic mass is 10.3. The number of aromatic nitrogens is 3. The molecule has 0 radical (unpaired) electrons. The van der Waals surface area contributed by atoms with Crippen LogP contribution >= 0.6 is 11.3 Å². The van der Waals surface area contributed by atoms with Crippen molar-refractivity contribution in [1.29, 1.82) is 0 Å². The van der Waals surface area contributed by atoms with E-state index in [-0.39, 0.29) is 11.5 Å². The van der Waals surface area contributed by atoms with Crippen LogP contribution in [0.15, 0.2) is 51.4 Å². The summed E-state index contributed by atoms with van der Waals surface area (Å²) in [5, 5.41) is 9.04. The fraction of sp³-hybridized carbons (Fsp3) is 0.235. The molecular formula is C17H16N4O3S. The van der Waals surface area contributed by atoms with E-state index < -0.39 is 0 Å². The first-order chi connectivity index (χ1) is 12.2. The maximum Gasteiger partial charge on any atom is 0.291 e. The molecule has 4 aromatic rings. The molecule has 7 nitrogen and oxygen atoms in total. The lowest BCUT2D eigenvalue weighted by Gasteiger charge is -2.06. The average Bonchev–Trinajstić information content (AvgIpc) is 3.32. The van der Waals surface area contributed by atoms with Gasteiger partial charge in [0.05, 0.1) is 18.3 Å². The van der Waals surface area contributed by atoms with E-state index in [0.29, 0.717) is 37.0 Å². The van der Waals surface area contributed by atoms with E-state index in [1.54, 1.807) is 40.5 Å². The van der Waals surface area contributed by atoms with Gasteiger partial charge in [-0.05, 0) is 17.9 Å². The molecular weight excluding hydrogens is 340 g/mol. The summed E-state index contributed by atoms with van der Waals surface area (Å²) in [5.41, 5.74) is 1.81. The van der Waals surface area contributed by atoms with Gasteiger partial charge in [0, 0.05) is 30.0 Å². The highest BCUT2D eigenvalue weighted by molar-refractivity contribution is 7.09. The third kappa shape index (κ3) is 3.08. The van der Waals surface area contributed by atoms with Gasteiger partial charge < -0.3 is 9.73 Å². The maximum absolute atomic E-state index is 12.5. The van der Waals surface area contributed by atoms with Crippen LogP contribution in [0.1, 0.15) is 17.7 Å². The van der Waals surface area contributed by atoms with Gasteiger partial charge in [-0.3, -0.25) is 14.0 Å². The predicted octanol–water partition coefficient (Wildman–Crippen LogP) is 2.40. The minimum Gasteiger partial charge on any atom is -0.463 e. The van der Waals surface area contributed by atoms with Crippen molar-refractivity contribution in [2.75, 3.05) is 0 Å². The Hall–Kier alpha value is -2.87. The van der Waals surface area contributed by atoms with Crippen LogP contribution in [-0.2, 0) is 17.9 Å². The van der Waals surface area contributed by atoms with E-state index in [0.717, 1.165) is 10.4 Å². The Morgan fingerprint density at radius 3 is 3.08 bits per heavy atom. The molecule has 0 saturated carbocycles. The molecule has 4 aromatic heterocycles. The van der Waals surface area contributed by atoms with E-state index in [9.17, 15) is 9.59 Å². The van der Waals surface area contributed by atoms with Crippen LogP contribution in [0.3, 0.4) is 0 Å². The van der Waals surface area contributed by atoms with Crippen molar-refractivity contribution in [1.82, 2.24) is 19.5 Å². The number of furan rings is 1. The summed E-state index contributed by atoms with van der Waals surface area (Å²) in [6.07, 6.45) is 4.09. The van der Waals surface area contributed by atoms with Crippen molar-refractivity contribution in [2.24, 2.45) is 0 Å². The second kappa shape index (κ2) is 6.56. The minimum absolute atomic E-state index is 0.0253. The van der Waals surface area contributed by atoms with Gasteiger partial charge in [0.25, 0.3) is 5.56 Å². The second-order valence-corrected chi connectivity index (χ2v) is 6.72. The number of nitrogens with zero attached hydrogens (tertiary/aromatic N) is 3. The summed E-state index contributed by atoms with van der Waals surface area (Å²) in [6.45, 7) is 0.943. The molecule has 1 N–H and O–H groups in total. The number of fused-ring (bicyclic) bond motifs is 3. The zero-order valence-electron chi connectivity index (χ0n) is 13.3. The van der Waals surface area contributed by atoms with E-state index in [4.69, 9.17) is 4.42 Å². The van der Waals surface area contributed by atoms with Crippen LogP contribution in [0.25, 0.3) is 16.6 Å². The van der Waals surface area contributed by atoms with Crippen LogP contribution < -0.4 is 10.9 Å². The molecule has 0 unspecified atom stereocenters. The van der Waals surface area contributed by atoms with Gasteiger partial charge in [-0.15, -0.1) is 11.3 Å². The SMILES string of the molecule is O=C(CCCn1ncn2c(cc3occc32)c1=O)NCc1cccs1. The van der Waals surface area contributed by atoms with Gasteiger partial charge in [0.15, 0.2) is 5.58 Å². The van der Waals surface area contributed by atoms with Crippen molar-refractivity contribution in [3.8, 4) is 0 Å². The molecule has 0 saturated heterocycles. The van der Waals surface area contributed by atoms with E-state index >= 15 is 0 Å². The number of thiophene rings is 1. The third-order valence-corrected chi connectivity index (χ3v) is 4.91. The Bertz CT molecular complexity index is 1070. The Balaban J connectivity index is 1.38. The molecule has 25 heavy (non-hydrogen) atoms. The van der Waals surface area contributed by atoms with Gasteiger partial charge in [0.1, 0.15) is 11.8 Å². The number of hydrogen-bond acceptors (Lipinski definition) is 5. The van der Waals surface area contributed by atoms with Crippen LogP contribution in [0, 0.1) is 0 Å². The zero-order chi connectivity index (χ0) is 17.2. The maximum atomic E-state index is 12.5. The summed E-state index contributed by atoms with van der Waals surface area (Å²) >= 11 is 1.61. The summed E-state index contributed by atoms with van der Waals surface area (Å²) in [4.78, 5) is 25.5. The lowest BCUT2D eigenvalue weighted by Crippen LogP contribution is -2.26. The van der Waals surface area contributed by atoms with Crippen LogP contribution in [0.2, 0.25) is 0 Å². The fourth-order valence-corrected chi connectivity index (χ4v) is 3.41. The largest absolute Gasteiger partial charge is 0.463 e. The van der Waals surface area contributed by atoms with Crippen LogP contribution in [0.4, 0.5) is 0 Å². The molecule has 0 aliphatic rings. The molecule has 0 aliphatic heterocycles. The molecule has 0 atom stereocenters. The number of aryl methyl sites for hydroxylation is 1. The summed E-state index contributed by atoms with van der Waals surface area (Å²) < 4.78 is 8.42. The molecule has 4 rings (SSSR count). The van der Waals surface area contributed by atoms with Gasteiger partial charge in [-0.1, -0.05) is 6.07 Å². The molecule has 8 heteroatoms. The molecule has 1 amide bonds. The van der Waals surface area contributed by atoms with Crippen LogP contribution in [-0.4, -0.2) is 20.1 Å².